The summed E-state index contributed by atoms with van der Waals surface area (Å²) in [5.74, 6) is 0.176. The van der Waals surface area contributed by atoms with Gasteiger partial charge in [0.1, 0.15) is 11.8 Å². The second-order valence-corrected chi connectivity index (χ2v) is 9.93. The number of ether oxygens (including phenoxy) is 2. The summed E-state index contributed by atoms with van der Waals surface area (Å²) in [7, 11) is -2.09. The minimum Gasteiger partial charge on any atom is -0.480 e. The molecular formula is C23H25N5O4S. The van der Waals surface area contributed by atoms with E-state index >= 15 is 0 Å². The number of nitrogens with zero attached hydrogens (tertiary/aromatic N) is 4. The van der Waals surface area contributed by atoms with Crippen LogP contribution in [0.2, 0.25) is 0 Å². The first kappa shape index (κ1) is 22.8. The first-order chi connectivity index (χ1) is 15.7. The summed E-state index contributed by atoms with van der Waals surface area (Å²) in [5, 5.41) is 10.6. The van der Waals surface area contributed by atoms with Crippen LogP contribution in [0, 0.1) is 11.3 Å². The number of anilines is 2. The molecule has 1 aliphatic rings. The van der Waals surface area contributed by atoms with Crippen molar-refractivity contribution in [2.45, 2.75) is 26.1 Å². The number of hydrogen-bond acceptors (Lipinski definition) is 8. The molecule has 1 fully saturated rings. The molecule has 1 N–H and O–H groups in total. The molecule has 1 aliphatic heterocycles. The van der Waals surface area contributed by atoms with Gasteiger partial charge in [-0.3, -0.25) is 9.71 Å². The average Bonchev–Trinajstić information content (AvgIpc) is 2.76. The van der Waals surface area contributed by atoms with Gasteiger partial charge in [0, 0.05) is 36.4 Å². The largest absolute Gasteiger partial charge is 0.480 e. The summed E-state index contributed by atoms with van der Waals surface area (Å²) in [5.41, 5.74) is 3.83. The minimum atomic E-state index is -3.52. The van der Waals surface area contributed by atoms with Crippen molar-refractivity contribution in [2.24, 2.45) is 0 Å². The molecule has 3 heterocycles. The molecule has 0 spiro atoms. The fraction of sp³-hybridized carbons (Fsp3) is 0.348. The van der Waals surface area contributed by atoms with Crippen LogP contribution in [0.15, 0.2) is 36.7 Å². The molecule has 0 amide bonds. The van der Waals surface area contributed by atoms with Crippen molar-refractivity contribution in [2.75, 3.05) is 36.1 Å². The molecule has 9 nitrogen and oxygen atoms in total. The topological polar surface area (TPSA) is 117 Å². The number of aromatic nitrogens is 2. The lowest BCUT2D eigenvalue weighted by Gasteiger charge is -2.37. The fourth-order valence-corrected chi connectivity index (χ4v) is 4.73. The van der Waals surface area contributed by atoms with Gasteiger partial charge < -0.3 is 14.4 Å². The van der Waals surface area contributed by atoms with Crippen LogP contribution in [-0.4, -0.2) is 57.0 Å². The lowest BCUT2D eigenvalue weighted by atomic mass is 10.0. The Morgan fingerprint density at radius 3 is 2.52 bits per heavy atom. The molecule has 2 atom stereocenters. The van der Waals surface area contributed by atoms with E-state index in [1.165, 1.54) is 7.11 Å². The van der Waals surface area contributed by atoms with E-state index in [1.54, 1.807) is 18.5 Å². The van der Waals surface area contributed by atoms with Gasteiger partial charge in [-0.2, -0.15) is 5.26 Å². The number of methoxy groups -OCH3 is 1. The van der Waals surface area contributed by atoms with Gasteiger partial charge in [0.2, 0.25) is 15.9 Å². The normalized spacial score (nSPS) is 18.7. The van der Waals surface area contributed by atoms with Crippen molar-refractivity contribution in [1.29, 1.82) is 5.26 Å². The lowest BCUT2D eigenvalue weighted by Crippen LogP contribution is -2.45. The molecule has 10 heteroatoms. The molecule has 1 aromatic carbocycles. The van der Waals surface area contributed by atoms with E-state index in [4.69, 9.17) is 9.47 Å². The number of sulfonamides is 1. The van der Waals surface area contributed by atoms with Crippen LogP contribution >= 0.6 is 0 Å². The highest BCUT2D eigenvalue weighted by Gasteiger charge is 2.26. The zero-order chi connectivity index (χ0) is 23.8. The predicted molar refractivity (Wildman–Crippen MR) is 127 cm³/mol. The Hall–Kier alpha value is -3.42. The van der Waals surface area contributed by atoms with Crippen molar-refractivity contribution in [3.05, 3.63) is 42.2 Å². The van der Waals surface area contributed by atoms with E-state index in [9.17, 15) is 13.7 Å². The van der Waals surface area contributed by atoms with E-state index in [2.05, 4.69) is 25.7 Å². The predicted octanol–water partition coefficient (Wildman–Crippen LogP) is 3.16. The van der Waals surface area contributed by atoms with E-state index in [1.807, 2.05) is 32.0 Å². The summed E-state index contributed by atoms with van der Waals surface area (Å²) in [6, 6.07) is 9.68. The average molecular weight is 468 g/mol. The zero-order valence-electron chi connectivity index (χ0n) is 18.9. The lowest BCUT2D eigenvalue weighted by molar-refractivity contribution is -0.00514. The van der Waals surface area contributed by atoms with Crippen molar-refractivity contribution < 1.29 is 17.9 Å². The maximum atomic E-state index is 11.8. The third kappa shape index (κ3) is 4.84. The maximum Gasteiger partial charge on any atom is 0.238 e. The number of benzene rings is 1. The van der Waals surface area contributed by atoms with Crippen LogP contribution in [0.1, 0.15) is 19.4 Å². The summed E-state index contributed by atoms with van der Waals surface area (Å²) in [6.07, 6.45) is 4.35. The first-order valence-electron chi connectivity index (χ1n) is 10.4. The number of fused-ring (bicyclic) bond motifs is 1. The van der Waals surface area contributed by atoms with Crippen LogP contribution in [0.5, 0.6) is 5.88 Å². The van der Waals surface area contributed by atoms with Crippen LogP contribution in [-0.2, 0) is 14.8 Å². The smallest absolute Gasteiger partial charge is 0.238 e. The van der Waals surface area contributed by atoms with Gasteiger partial charge in [-0.05, 0) is 37.6 Å². The highest BCUT2D eigenvalue weighted by atomic mass is 32.2. The van der Waals surface area contributed by atoms with Gasteiger partial charge in [0.15, 0.2) is 0 Å². The van der Waals surface area contributed by atoms with Crippen molar-refractivity contribution in [1.82, 2.24) is 9.97 Å². The molecule has 0 saturated carbocycles. The van der Waals surface area contributed by atoms with Gasteiger partial charge in [-0.1, -0.05) is 6.07 Å². The molecule has 33 heavy (non-hydrogen) atoms. The van der Waals surface area contributed by atoms with Crippen molar-refractivity contribution in [3.8, 4) is 23.1 Å². The van der Waals surface area contributed by atoms with E-state index < -0.39 is 10.0 Å². The molecule has 172 valence electrons. The van der Waals surface area contributed by atoms with Crippen LogP contribution in [0.3, 0.4) is 0 Å². The quantitative estimate of drug-likeness (QED) is 0.608. The molecule has 3 aromatic rings. The number of morpholine rings is 1. The van der Waals surface area contributed by atoms with Gasteiger partial charge in [-0.15, -0.1) is 0 Å². The monoisotopic (exact) mass is 467 g/mol. The zero-order valence-corrected chi connectivity index (χ0v) is 19.7. The van der Waals surface area contributed by atoms with Gasteiger partial charge in [0.25, 0.3) is 0 Å². The van der Waals surface area contributed by atoms with E-state index in [0.717, 1.165) is 28.4 Å². The van der Waals surface area contributed by atoms with Crippen LogP contribution < -0.4 is 14.4 Å². The number of hydrogen-bond donors (Lipinski definition) is 1. The number of rotatable bonds is 5. The molecule has 0 bridgehead atoms. The number of nitrogens with one attached hydrogen (secondary N) is 1. The van der Waals surface area contributed by atoms with Crippen LogP contribution in [0.25, 0.3) is 22.0 Å². The third-order valence-electron chi connectivity index (χ3n) is 5.37. The van der Waals surface area contributed by atoms with Crippen molar-refractivity contribution >= 4 is 32.3 Å². The number of pyridine rings is 2. The Balaban J connectivity index is 1.86. The molecule has 0 radical (unpaired) electrons. The summed E-state index contributed by atoms with van der Waals surface area (Å²) in [6.45, 7) is 5.36. The first-order valence-corrected chi connectivity index (χ1v) is 12.3. The SMILES string of the molecule is COc1ncc(-c2ccc3ncc(C#N)c(N4C[C@H](C)O[C@@H](C)C4)c3c2)cc1NS(C)(=O)=O. The molecular weight excluding hydrogens is 442 g/mol. The Bertz CT molecular complexity index is 1340. The Morgan fingerprint density at radius 2 is 1.88 bits per heavy atom. The molecule has 0 aliphatic carbocycles. The maximum absolute atomic E-state index is 11.8. The fourth-order valence-electron chi connectivity index (χ4n) is 4.19. The van der Waals surface area contributed by atoms with Gasteiger partial charge >= 0.3 is 0 Å². The summed E-state index contributed by atoms with van der Waals surface area (Å²) < 4.78 is 37.1. The van der Waals surface area contributed by atoms with E-state index in [0.29, 0.717) is 24.2 Å². The second-order valence-electron chi connectivity index (χ2n) is 8.18. The minimum absolute atomic E-state index is 0.0297. The standard InChI is InChI=1S/C23H25N5O4S/c1-14-12-28(13-15(2)32-14)22-18(9-24)11-25-20-6-5-16(7-19(20)22)17-8-21(27-33(4,29)30)23(31-3)26-10-17/h5-8,10-11,14-15,27H,12-13H2,1-4H3/t14-,15-/m0/s1. The highest BCUT2D eigenvalue weighted by molar-refractivity contribution is 7.92. The molecule has 2 aromatic heterocycles. The second kappa shape index (κ2) is 8.84. The number of nitriles is 1. The Labute approximate surface area is 193 Å². The highest BCUT2D eigenvalue weighted by Crippen LogP contribution is 2.35. The van der Waals surface area contributed by atoms with Crippen molar-refractivity contribution in [3.63, 3.8) is 0 Å². The van der Waals surface area contributed by atoms with Gasteiger partial charge in [0.05, 0.1) is 42.3 Å². The summed E-state index contributed by atoms with van der Waals surface area (Å²) in [4.78, 5) is 10.9. The van der Waals surface area contributed by atoms with Crippen LogP contribution in [0.4, 0.5) is 11.4 Å². The van der Waals surface area contributed by atoms with E-state index in [-0.39, 0.29) is 23.8 Å². The molecule has 0 unspecified atom stereocenters. The Kier molecular flexibility index (Phi) is 6.10. The third-order valence-corrected chi connectivity index (χ3v) is 5.96. The van der Waals surface area contributed by atoms with Gasteiger partial charge in [-0.25, -0.2) is 13.4 Å². The summed E-state index contributed by atoms with van der Waals surface area (Å²) >= 11 is 0. The molecule has 4 rings (SSSR count). The Morgan fingerprint density at radius 1 is 1.15 bits per heavy atom. The molecule has 1 saturated heterocycles.